The number of carbonyl (C=O) groups is 2. The van der Waals surface area contributed by atoms with Crippen molar-refractivity contribution in [1.82, 2.24) is 5.43 Å². The Hall–Kier alpha value is -3.55. The summed E-state index contributed by atoms with van der Waals surface area (Å²) in [4.78, 5) is 23.6. The minimum atomic E-state index is -0.968. The van der Waals surface area contributed by atoms with Gasteiger partial charge in [0.2, 0.25) is 0 Å². The summed E-state index contributed by atoms with van der Waals surface area (Å²) in [6, 6.07) is 11.2. The van der Waals surface area contributed by atoms with E-state index in [1.54, 1.807) is 30.3 Å². The highest BCUT2D eigenvalue weighted by atomic mass is 16.5. The van der Waals surface area contributed by atoms with Crippen LogP contribution in [0.1, 0.15) is 5.56 Å². The molecule has 0 aromatic heterocycles. The molecule has 130 valence electrons. The molecular formula is C17H17N3O5. The summed E-state index contributed by atoms with van der Waals surface area (Å²) in [5.74, 6) is -0.980. The van der Waals surface area contributed by atoms with E-state index in [2.05, 4.69) is 15.8 Å². The predicted octanol–water partition coefficient (Wildman–Crippen LogP) is 1.50. The molecule has 3 N–H and O–H groups in total. The van der Waals surface area contributed by atoms with E-state index in [0.29, 0.717) is 22.7 Å². The number of carbonyl (C=O) groups excluding carboxylic acids is 2. The minimum Gasteiger partial charge on any atom is -0.507 e. The van der Waals surface area contributed by atoms with Gasteiger partial charge >= 0.3 is 11.8 Å². The van der Waals surface area contributed by atoms with Crippen molar-refractivity contribution in [2.24, 2.45) is 5.10 Å². The molecule has 25 heavy (non-hydrogen) atoms. The number of aromatic hydroxyl groups is 1. The van der Waals surface area contributed by atoms with Crippen molar-refractivity contribution < 1.29 is 24.2 Å². The standard InChI is InChI=1S/C17H17N3O5/c1-24-12-7-8-14(21)11(9-12)10-18-20-17(23)16(22)19-13-5-3-4-6-15(13)25-2/h3-10,21H,1-2H3,(H,19,22)(H,20,23). The maximum atomic E-state index is 11.9. The van der Waals surface area contributed by atoms with Gasteiger partial charge in [-0.2, -0.15) is 5.10 Å². The Labute approximate surface area is 144 Å². The lowest BCUT2D eigenvalue weighted by molar-refractivity contribution is -0.136. The summed E-state index contributed by atoms with van der Waals surface area (Å²) >= 11 is 0. The molecule has 0 atom stereocenters. The first kappa shape index (κ1) is 17.8. The molecule has 8 nitrogen and oxygen atoms in total. The number of nitrogens with zero attached hydrogens (tertiary/aromatic N) is 1. The van der Waals surface area contributed by atoms with Crippen LogP contribution in [0.15, 0.2) is 47.6 Å². The van der Waals surface area contributed by atoms with Crippen LogP contribution in [0.2, 0.25) is 0 Å². The van der Waals surface area contributed by atoms with Crippen molar-refractivity contribution in [3.8, 4) is 17.2 Å². The van der Waals surface area contributed by atoms with E-state index in [-0.39, 0.29) is 5.75 Å². The topological polar surface area (TPSA) is 109 Å². The van der Waals surface area contributed by atoms with Crippen molar-refractivity contribution in [2.45, 2.75) is 0 Å². The number of para-hydroxylation sites is 2. The normalized spacial score (nSPS) is 10.3. The monoisotopic (exact) mass is 343 g/mol. The third kappa shape index (κ3) is 4.71. The predicted molar refractivity (Wildman–Crippen MR) is 92.0 cm³/mol. The quantitative estimate of drug-likeness (QED) is 0.433. The molecule has 2 aromatic carbocycles. The number of phenols is 1. The van der Waals surface area contributed by atoms with E-state index in [0.717, 1.165) is 0 Å². The van der Waals surface area contributed by atoms with Crippen LogP contribution in [0.5, 0.6) is 17.2 Å². The number of hydrogen-bond donors (Lipinski definition) is 3. The molecular weight excluding hydrogens is 326 g/mol. The number of benzene rings is 2. The number of hydrazone groups is 1. The molecule has 0 radical (unpaired) electrons. The molecule has 0 bridgehead atoms. The second kappa shape index (κ2) is 8.34. The Balaban J connectivity index is 1.99. The van der Waals surface area contributed by atoms with Crippen LogP contribution in [0, 0.1) is 0 Å². The highest BCUT2D eigenvalue weighted by Gasteiger charge is 2.15. The first-order chi connectivity index (χ1) is 12.0. The number of methoxy groups -OCH3 is 2. The van der Waals surface area contributed by atoms with Crippen LogP contribution in [-0.4, -0.2) is 37.4 Å². The smallest absolute Gasteiger partial charge is 0.329 e. The number of anilines is 1. The van der Waals surface area contributed by atoms with Crippen LogP contribution >= 0.6 is 0 Å². The van der Waals surface area contributed by atoms with Crippen LogP contribution in [0.4, 0.5) is 5.69 Å². The average molecular weight is 343 g/mol. The molecule has 0 aliphatic heterocycles. The van der Waals surface area contributed by atoms with Crippen LogP contribution < -0.4 is 20.2 Å². The Bertz CT molecular complexity index is 805. The van der Waals surface area contributed by atoms with Gasteiger partial charge in [-0.05, 0) is 30.3 Å². The zero-order valence-corrected chi connectivity index (χ0v) is 13.6. The van der Waals surface area contributed by atoms with Crippen molar-refractivity contribution in [3.05, 3.63) is 48.0 Å². The second-order valence-electron chi connectivity index (χ2n) is 4.78. The fourth-order valence-electron chi connectivity index (χ4n) is 1.90. The zero-order chi connectivity index (χ0) is 18.2. The number of amides is 2. The molecule has 2 amide bonds. The molecule has 8 heteroatoms. The molecule has 0 spiro atoms. The van der Waals surface area contributed by atoms with Gasteiger partial charge in [0.05, 0.1) is 26.1 Å². The second-order valence-corrected chi connectivity index (χ2v) is 4.78. The SMILES string of the molecule is COc1ccc(O)c(C=NNC(=O)C(=O)Nc2ccccc2OC)c1. The summed E-state index contributed by atoms with van der Waals surface area (Å²) in [6.45, 7) is 0. The number of phenolic OH excluding ortho intramolecular Hbond substituents is 1. The van der Waals surface area contributed by atoms with Crippen LogP contribution in [0.3, 0.4) is 0 Å². The summed E-state index contributed by atoms with van der Waals surface area (Å²) < 4.78 is 10.1. The van der Waals surface area contributed by atoms with Crippen molar-refractivity contribution in [2.75, 3.05) is 19.5 Å². The highest BCUT2D eigenvalue weighted by Crippen LogP contribution is 2.23. The summed E-state index contributed by atoms with van der Waals surface area (Å²) in [7, 11) is 2.94. The number of nitrogens with one attached hydrogen (secondary N) is 2. The first-order valence-electron chi connectivity index (χ1n) is 7.19. The Morgan fingerprint density at radius 3 is 2.56 bits per heavy atom. The first-order valence-corrected chi connectivity index (χ1v) is 7.19. The molecule has 0 heterocycles. The molecule has 0 aliphatic rings. The summed E-state index contributed by atoms with van der Waals surface area (Å²) in [5, 5.41) is 15.8. The Kier molecular flexibility index (Phi) is 5.94. The highest BCUT2D eigenvalue weighted by molar-refractivity contribution is 6.39. The summed E-state index contributed by atoms with van der Waals surface area (Å²) in [5.41, 5.74) is 2.76. The number of ether oxygens (including phenoxy) is 2. The van der Waals surface area contributed by atoms with Crippen molar-refractivity contribution >= 4 is 23.7 Å². The van der Waals surface area contributed by atoms with E-state index in [1.165, 1.54) is 32.6 Å². The fraction of sp³-hybridized carbons (Fsp3) is 0.118. The van der Waals surface area contributed by atoms with E-state index in [9.17, 15) is 14.7 Å². The maximum absolute atomic E-state index is 11.9. The average Bonchev–Trinajstić information content (AvgIpc) is 2.63. The third-order valence-electron chi connectivity index (χ3n) is 3.17. The number of hydrogen-bond acceptors (Lipinski definition) is 6. The van der Waals surface area contributed by atoms with Gasteiger partial charge in [-0.3, -0.25) is 9.59 Å². The molecule has 0 unspecified atom stereocenters. The van der Waals surface area contributed by atoms with E-state index >= 15 is 0 Å². The van der Waals surface area contributed by atoms with E-state index in [4.69, 9.17) is 9.47 Å². The van der Waals surface area contributed by atoms with Gasteiger partial charge in [0.25, 0.3) is 0 Å². The van der Waals surface area contributed by atoms with Gasteiger partial charge in [0, 0.05) is 5.56 Å². The van der Waals surface area contributed by atoms with Gasteiger partial charge < -0.3 is 19.9 Å². The van der Waals surface area contributed by atoms with E-state index in [1.807, 2.05) is 0 Å². The van der Waals surface area contributed by atoms with Gasteiger partial charge in [-0.25, -0.2) is 5.43 Å². The fourth-order valence-corrected chi connectivity index (χ4v) is 1.90. The third-order valence-corrected chi connectivity index (χ3v) is 3.17. The molecule has 2 aromatic rings. The largest absolute Gasteiger partial charge is 0.507 e. The van der Waals surface area contributed by atoms with Crippen LogP contribution in [-0.2, 0) is 9.59 Å². The summed E-state index contributed by atoms with van der Waals surface area (Å²) in [6.07, 6.45) is 1.20. The number of rotatable bonds is 5. The van der Waals surface area contributed by atoms with E-state index < -0.39 is 11.8 Å². The Morgan fingerprint density at radius 1 is 1.08 bits per heavy atom. The Morgan fingerprint density at radius 2 is 1.84 bits per heavy atom. The van der Waals surface area contributed by atoms with Crippen LogP contribution in [0.25, 0.3) is 0 Å². The lowest BCUT2D eigenvalue weighted by Gasteiger charge is -2.08. The minimum absolute atomic E-state index is 0.0442. The van der Waals surface area contributed by atoms with Crippen molar-refractivity contribution in [3.63, 3.8) is 0 Å². The molecule has 2 rings (SSSR count). The maximum Gasteiger partial charge on any atom is 0.329 e. The molecule has 0 fully saturated rings. The molecule has 0 saturated heterocycles. The molecule has 0 saturated carbocycles. The van der Waals surface area contributed by atoms with Crippen molar-refractivity contribution in [1.29, 1.82) is 0 Å². The van der Waals surface area contributed by atoms with Gasteiger partial charge in [-0.15, -0.1) is 0 Å². The van der Waals surface area contributed by atoms with Gasteiger partial charge in [-0.1, -0.05) is 12.1 Å². The van der Waals surface area contributed by atoms with Gasteiger partial charge in [0.1, 0.15) is 17.2 Å². The lowest BCUT2D eigenvalue weighted by Crippen LogP contribution is -2.32. The van der Waals surface area contributed by atoms with Gasteiger partial charge in [0.15, 0.2) is 0 Å². The molecule has 0 aliphatic carbocycles. The zero-order valence-electron chi connectivity index (χ0n) is 13.6. The lowest BCUT2D eigenvalue weighted by atomic mass is 10.2.